The minimum absolute atomic E-state index is 0.0333. The predicted molar refractivity (Wildman–Crippen MR) is 121 cm³/mol. The predicted octanol–water partition coefficient (Wildman–Crippen LogP) is 0.463. The van der Waals surface area contributed by atoms with Crippen LogP contribution in [0.25, 0.3) is 0 Å². The number of aromatic nitrogens is 3. The SMILES string of the molecule is O=C(CCOCCn1cc(CCO[C@H]2O[C@H](CC(F)(F)C(=O)O)[C@@H](O)[C@H](O)[C@@H]2O)nn1)Oc1c(F)c(F)c(F)c(F)c1F. The van der Waals surface area contributed by atoms with Crippen LogP contribution in [0.5, 0.6) is 5.75 Å². The first-order chi connectivity index (χ1) is 20.1. The van der Waals surface area contributed by atoms with Crippen molar-refractivity contribution < 1.29 is 79.7 Å². The van der Waals surface area contributed by atoms with E-state index in [2.05, 4.69) is 15.0 Å². The maximum atomic E-state index is 13.6. The summed E-state index contributed by atoms with van der Waals surface area (Å²) in [5.74, 6) is -21.4. The van der Waals surface area contributed by atoms with Gasteiger partial charge >= 0.3 is 17.9 Å². The third-order valence-electron chi connectivity index (χ3n) is 5.97. The normalized spacial score (nSPS) is 22.5. The van der Waals surface area contributed by atoms with Crippen molar-refractivity contribution in [3.63, 3.8) is 0 Å². The molecular formula is C23H24F7N3O10. The summed E-state index contributed by atoms with van der Waals surface area (Å²) >= 11 is 0. The second kappa shape index (κ2) is 14.4. The molecule has 1 aliphatic rings. The number of carbonyl (C=O) groups is 2. The summed E-state index contributed by atoms with van der Waals surface area (Å²) in [6.45, 7) is -0.589. The number of hydrogen-bond donors (Lipinski definition) is 4. The molecule has 1 aromatic heterocycles. The zero-order valence-corrected chi connectivity index (χ0v) is 21.6. The molecule has 0 saturated carbocycles. The van der Waals surface area contributed by atoms with Gasteiger partial charge < -0.3 is 39.4 Å². The van der Waals surface area contributed by atoms with Crippen molar-refractivity contribution in [1.82, 2.24) is 15.0 Å². The highest BCUT2D eigenvalue weighted by atomic mass is 19.3. The van der Waals surface area contributed by atoms with Crippen LogP contribution in [0.3, 0.4) is 0 Å². The van der Waals surface area contributed by atoms with Crippen LogP contribution in [0, 0.1) is 29.1 Å². The van der Waals surface area contributed by atoms with Gasteiger partial charge in [-0.15, -0.1) is 5.10 Å². The summed E-state index contributed by atoms with van der Waals surface area (Å²) < 4.78 is 115. The first-order valence-electron chi connectivity index (χ1n) is 12.2. The van der Waals surface area contributed by atoms with E-state index in [-0.39, 0.29) is 32.8 Å². The van der Waals surface area contributed by atoms with Gasteiger partial charge in [0.25, 0.3) is 0 Å². The number of alkyl halides is 2. The molecule has 5 atom stereocenters. The fourth-order valence-electron chi connectivity index (χ4n) is 3.66. The third-order valence-corrected chi connectivity index (χ3v) is 5.97. The smallest absolute Gasteiger partial charge is 0.374 e. The van der Waals surface area contributed by atoms with Crippen molar-refractivity contribution in [3.05, 3.63) is 41.0 Å². The van der Waals surface area contributed by atoms with E-state index in [1.54, 1.807) is 0 Å². The Balaban J connectivity index is 1.39. The van der Waals surface area contributed by atoms with Crippen molar-refractivity contribution >= 4 is 11.9 Å². The molecule has 3 rings (SSSR count). The Labute approximate surface area is 236 Å². The van der Waals surface area contributed by atoms with Crippen LogP contribution in [-0.4, -0.2) is 104 Å². The largest absolute Gasteiger partial charge is 0.477 e. The molecule has 0 radical (unpaired) electrons. The minimum atomic E-state index is -4.28. The van der Waals surface area contributed by atoms with E-state index in [0.29, 0.717) is 5.69 Å². The molecule has 4 N–H and O–H groups in total. The molecule has 1 aromatic carbocycles. The number of nitrogens with zero attached hydrogens (tertiary/aromatic N) is 3. The van der Waals surface area contributed by atoms with Crippen molar-refractivity contribution in [2.24, 2.45) is 0 Å². The van der Waals surface area contributed by atoms with E-state index in [4.69, 9.17) is 19.3 Å². The van der Waals surface area contributed by atoms with E-state index in [1.165, 1.54) is 10.9 Å². The fourth-order valence-corrected chi connectivity index (χ4v) is 3.66. The van der Waals surface area contributed by atoms with Gasteiger partial charge in [-0.3, -0.25) is 4.79 Å². The number of aliphatic hydroxyl groups is 3. The van der Waals surface area contributed by atoms with Crippen molar-refractivity contribution in [2.45, 2.75) is 62.4 Å². The molecule has 240 valence electrons. The van der Waals surface area contributed by atoms with Crippen LogP contribution < -0.4 is 4.74 Å². The molecule has 0 spiro atoms. The van der Waals surface area contributed by atoms with Crippen LogP contribution in [0.15, 0.2) is 6.20 Å². The summed E-state index contributed by atoms with van der Waals surface area (Å²) in [6.07, 6.45) is -10.00. The molecule has 20 heteroatoms. The zero-order chi connectivity index (χ0) is 32.1. The topological polar surface area (TPSA) is 183 Å². The third kappa shape index (κ3) is 8.36. The standard InChI is InChI=1S/C23H24F7N3O10/c24-12-13(25)15(27)20(16(28)14(12)26)43-11(34)2-4-40-6-3-33-8-9(31-32-33)1-5-41-21-19(37)18(36)17(35)10(42-21)7-23(29,30)22(38)39/h8,10,17-19,21,35-37H,1-7H2,(H,38,39)/t10-,17-,18+,19+,21+/m1/s1. The fraction of sp³-hybridized carbons (Fsp3) is 0.565. The molecule has 0 amide bonds. The Kier molecular flexibility index (Phi) is 11.4. The van der Waals surface area contributed by atoms with Crippen molar-refractivity contribution in [1.29, 1.82) is 0 Å². The number of hydrogen-bond acceptors (Lipinski definition) is 11. The number of halogens is 7. The van der Waals surface area contributed by atoms with Gasteiger partial charge in [0.1, 0.15) is 18.3 Å². The molecule has 2 aromatic rings. The molecule has 43 heavy (non-hydrogen) atoms. The highest BCUT2D eigenvalue weighted by Crippen LogP contribution is 2.31. The van der Waals surface area contributed by atoms with Gasteiger partial charge in [-0.2, -0.15) is 17.6 Å². The Morgan fingerprint density at radius 3 is 2.19 bits per heavy atom. The number of ether oxygens (including phenoxy) is 4. The Bertz CT molecular complexity index is 1270. The van der Waals surface area contributed by atoms with Gasteiger partial charge in [0, 0.05) is 12.6 Å². The molecular weight excluding hydrogens is 611 g/mol. The highest BCUT2D eigenvalue weighted by Gasteiger charge is 2.50. The number of carbonyl (C=O) groups excluding carboxylic acids is 1. The van der Waals surface area contributed by atoms with E-state index < -0.39 is 96.2 Å². The first kappa shape index (κ1) is 34.1. The van der Waals surface area contributed by atoms with Crippen molar-refractivity contribution in [2.75, 3.05) is 19.8 Å². The number of esters is 1. The number of benzene rings is 1. The number of aliphatic carboxylic acids is 1. The summed E-state index contributed by atoms with van der Waals surface area (Å²) in [5.41, 5.74) is 0.325. The van der Waals surface area contributed by atoms with E-state index in [1.807, 2.05) is 0 Å². The van der Waals surface area contributed by atoms with Crippen LogP contribution in [0.2, 0.25) is 0 Å². The monoisotopic (exact) mass is 635 g/mol. The molecule has 0 unspecified atom stereocenters. The van der Waals surface area contributed by atoms with Crippen LogP contribution >= 0.6 is 0 Å². The maximum absolute atomic E-state index is 13.6. The number of carboxylic acids is 1. The van der Waals surface area contributed by atoms with Crippen LogP contribution in [0.1, 0.15) is 18.5 Å². The van der Waals surface area contributed by atoms with Gasteiger partial charge in [-0.1, -0.05) is 5.21 Å². The Morgan fingerprint density at radius 2 is 1.56 bits per heavy atom. The van der Waals surface area contributed by atoms with Gasteiger partial charge in [0.2, 0.25) is 34.8 Å². The van der Waals surface area contributed by atoms with Gasteiger partial charge in [-0.05, 0) is 0 Å². The highest BCUT2D eigenvalue weighted by molar-refractivity contribution is 5.75. The lowest BCUT2D eigenvalue weighted by molar-refractivity contribution is -0.303. The molecule has 1 saturated heterocycles. The van der Waals surface area contributed by atoms with Crippen LogP contribution in [-0.2, 0) is 36.8 Å². The maximum Gasteiger partial charge on any atom is 0.374 e. The zero-order valence-electron chi connectivity index (χ0n) is 21.6. The lowest BCUT2D eigenvalue weighted by Crippen LogP contribution is -2.59. The Morgan fingerprint density at radius 1 is 0.930 bits per heavy atom. The summed E-state index contributed by atoms with van der Waals surface area (Å²) in [7, 11) is 0. The first-order valence-corrected chi connectivity index (χ1v) is 12.2. The average molecular weight is 635 g/mol. The van der Waals surface area contributed by atoms with Gasteiger partial charge in [-0.25, -0.2) is 22.6 Å². The van der Waals surface area contributed by atoms with Gasteiger partial charge in [0.05, 0.1) is 51.0 Å². The minimum Gasteiger partial charge on any atom is -0.477 e. The summed E-state index contributed by atoms with van der Waals surface area (Å²) in [6, 6.07) is 0. The second-order valence-corrected chi connectivity index (χ2v) is 9.06. The number of aliphatic hydroxyl groups excluding tert-OH is 3. The van der Waals surface area contributed by atoms with E-state index >= 15 is 0 Å². The van der Waals surface area contributed by atoms with E-state index in [0.717, 1.165) is 0 Å². The lowest BCUT2D eigenvalue weighted by Gasteiger charge is -2.40. The average Bonchev–Trinajstić information content (AvgIpc) is 3.41. The quantitative estimate of drug-likeness (QED) is 0.0563. The van der Waals surface area contributed by atoms with E-state index in [9.17, 15) is 55.6 Å². The summed E-state index contributed by atoms with van der Waals surface area (Å²) in [5, 5.41) is 46.0. The molecule has 0 aliphatic carbocycles. The molecule has 13 nitrogen and oxygen atoms in total. The number of carboxylic acid groups (broad SMARTS) is 1. The van der Waals surface area contributed by atoms with Crippen LogP contribution in [0.4, 0.5) is 30.7 Å². The molecule has 2 heterocycles. The summed E-state index contributed by atoms with van der Waals surface area (Å²) in [4.78, 5) is 22.4. The lowest BCUT2D eigenvalue weighted by atomic mass is 9.95. The Hall–Kier alpha value is -3.43. The molecule has 1 aliphatic heterocycles. The second-order valence-electron chi connectivity index (χ2n) is 9.06. The number of rotatable bonds is 14. The molecule has 1 fully saturated rings. The van der Waals surface area contributed by atoms with Crippen molar-refractivity contribution in [3.8, 4) is 5.75 Å². The molecule has 0 bridgehead atoms. The van der Waals surface area contributed by atoms with Gasteiger partial charge in [0.15, 0.2) is 6.29 Å².